The molecule has 5 rings (SSSR count). The average molecular weight is 571 g/mol. The van der Waals surface area contributed by atoms with Crippen LogP contribution in [0.2, 0.25) is 0 Å². The maximum atomic E-state index is 13.4. The molecule has 0 saturated heterocycles. The van der Waals surface area contributed by atoms with Crippen molar-refractivity contribution in [3.05, 3.63) is 95.6 Å². The zero-order valence-electron chi connectivity index (χ0n) is 23.8. The van der Waals surface area contributed by atoms with Crippen LogP contribution in [0.25, 0.3) is 11.1 Å². The van der Waals surface area contributed by atoms with E-state index in [9.17, 15) is 14.4 Å². The first-order valence-corrected chi connectivity index (χ1v) is 14.7. The van der Waals surface area contributed by atoms with Gasteiger partial charge in [-0.15, -0.1) is 0 Å². The lowest BCUT2D eigenvalue weighted by Crippen LogP contribution is -2.53. The molecule has 2 aliphatic rings. The van der Waals surface area contributed by atoms with E-state index in [1.165, 1.54) is 0 Å². The van der Waals surface area contributed by atoms with E-state index in [2.05, 4.69) is 34.9 Å². The number of carbonyl (C=O) groups excluding carboxylic acids is 2. The first-order valence-electron chi connectivity index (χ1n) is 14.7. The summed E-state index contributed by atoms with van der Waals surface area (Å²) < 4.78 is 11.7. The van der Waals surface area contributed by atoms with E-state index in [1.807, 2.05) is 54.6 Å². The summed E-state index contributed by atoms with van der Waals surface area (Å²) >= 11 is 0. The third kappa shape index (κ3) is 7.18. The van der Waals surface area contributed by atoms with Gasteiger partial charge in [0, 0.05) is 18.9 Å². The van der Waals surface area contributed by atoms with Crippen molar-refractivity contribution in [2.24, 2.45) is 11.8 Å². The minimum absolute atomic E-state index is 0.0942. The summed E-state index contributed by atoms with van der Waals surface area (Å²) in [5, 5.41) is 14.8. The van der Waals surface area contributed by atoms with E-state index in [0.29, 0.717) is 6.54 Å². The van der Waals surface area contributed by atoms with E-state index >= 15 is 0 Å². The van der Waals surface area contributed by atoms with E-state index in [4.69, 9.17) is 14.6 Å². The first-order chi connectivity index (χ1) is 20.4. The summed E-state index contributed by atoms with van der Waals surface area (Å²) in [5.74, 6) is -0.906. The van der Waals surface area contributed by atoms with Crippen LogP contribution < -0.4 is 10.6 Å². The molecule has 2 unspecified atom stereocenters. The molecule has 3 aromatic carbocycles. The molecule has 0 aliphatic heterocycles. The molecule has 0 radical (unpaired) electrons. The summed E-state index contributed by atoms with van der Waals surface area (Å²) in [4.78, 5) is 37.6. The van der Waals surface area contributed by atoms with Gasteiger partial charge in [-0.25, -0.2) is 4.79 Å². The standard InChI is InChI=1S/C34H38N2O6/c1-22(41-20-23-9-3-2-4-10-23)32(33(39)35-19-25-16-15-24(17-25)18-31(37)38)36-34(40)42-21-30-28-13-7-5-11-26(28)27-12-6-8-14-29(27)30/h2-14,22,24-25,30,32H,15-21H2,1H3,(H,35,39)(H,36,40)(H,37,38)/t22-,24?,25?,32+/m0/s1. The number of amides is 2. The monoisotopic (exact) mass is 570 g/mol. The van der Waals surface area contributed by atoms with Crippen molar-refractivity contribution in [1.29, 1.82) is 0 Å². The van der Waals surface area contributed by atoms with Crippen molar-refractivity contribution in [3.8, 4) is 11.1 Å². The van der Waals surface area contributed by atoms with E-state index < -0.39 is 24.2 Å². The summed E-state index contributed by atoms with van der Waals surface area (Å²) in [6.45, 7) is 2.61. The molecule has 0 spiro atoms. The molecule has 2 aliphatic carbocycles. The molecule has 8 heteroatoms. The van der Waals surface area contributed by atoms with Crippen LogP contribution >= 0.6 is 0 Å². The van der Waals surface area contributed by atoms with E-state index in [0.717, 1.165) is 47.1 Å². The number of nitrogens with one attached hydrogen (secondary N) is 2. The van der Waals surface area contributed by atoms with Gasteiger partial charge < -0.3 is 25.2 Å². The second-order valence-corrected chi connectivity index (χ2v) is 11.3. The Morgan fingerprint density at radius 1 is 0.881 bits per heavy atom. The van der Waals surface area contributed by atoms with Crippen molar-refractivity contribution >= 4 is 18.0 Å². The molecule has 42 heavy (non-hydrogen) atoms. The Kier molecular flexibility index (Phi) is 9.54. The van der Waals surface area contributed by atoms with E-state index in [-0.39, 0.29) is 43.3 Å². The fourth-order valence-corrected chi connectivity index (χ4v) is 6.21. The number of carboxylic acids is 1. The Bertz CT molecular complexity index is 1350. The van der Waals surface area contributed by atoms with E-state index in [1.54, 1.807) is 6.92 Å². The van der Waals surface area contributed by atoms with Gasteiger partial charge in [0.1, 0.15) is 12.6 Å². The highest BCUT2D eigenvalue weighted by molar-refractivity contribution is 5.86. The quantitative estimate of drug-likeness (QED) is 0.265. The predicted molar refractivity (Wildman–Crippen MR) is 159 cm³/mol. The van der Waals surface area contributed by atoms with Crippen LogP contribution in [0.15, 0.2) is 78.9 Å². The third-order valence-electron chi connectivity index (χ3n) is 8.40. The molecule has 8 nitrogen and oxygen atoms in total. The minimum atomic E-state index is -0.972. The van der Waals surface area contributed by atoms with Gasteiger partial charge in [0.05, 0.1) is 12.7 Å². The summed E-state index contributed by atoms with van der Waals surface area (Å²) in [5.41, 5.74) is 5.45. The number of hydrogen-bond acceptors (Lipinski definition) is 5. The summed E-state index contributed by atoms with van der Waals surface area (Å²) in [6.07, 6.45) is 1.30. The third-order valence-corrected chi connectivity index (χ3v) is 8.40. The Hall–Kier alpha value is -4.17. The van der Waals surface area contributed by atoms with Crippen molar-refractivity contribution < 1.29 is 29.0 Å². The molecule has 4 atom stereocenters. The van der Waals surface area contributed by atoms with Crippen molar-refractivity contribution in [3.63, 3.8) is 0 Å². The molecule has 3 N–H and O–H groups in total. The summed E-state index contributed by atoms with van der Waals surface area (Å²) in [7, 11) is 0. The zero-order chi connectivity index (χ0) is 29.5. The largest absolute Gasteiger partial charge is 0.481 e. The number of rotatable bonds is 12. The zero-order valence-corrected chi connectivity index (χ0v) is 23.8. The van der Waals surface area contributed by atoms with Gasteiger partial charge in [-0.3, -0.25) is 9.59 Å². The molecule has 0 aromatic heterocycles. The molecule has 220 valence electrons. The maximum Gasteiger partial charge on any atom is 0.407 e. The molecule has 1 saturated carbocycles. The molecule has 0 bridgehead atoms. The number of aliphatic carboxylic acids is 1. The Labute approximate surface area is 246 Å². The van der Waals surface area contributed by atoms with Crippen LogP contribution in [0.3, 0.4) is 0 Å². The normalized spacial score (nSPS) is 18.9. The van der Waals surface area contributed by atoms with Gasteiger partial charge in [0.25, 0.3) is 0 Å². The molecular weight excluding hydrogens is 532 g/mol. The lowest BCUT2D eigenvalue weighted by atomic mass is 9.98. The molecular formula is C34H38N2O6. The molecule has 1 fully saturated rings. The second kappa shape index (κ2) is 13.7. The Morgan fingerprint density at radius 2 is 1.50 bits per heavy atom. The van der Waals surface area contributed by atoms with Crippen LogP contribution in [-0.4, -0.2) is 48.4 Å². The number of benzene rings is 3. The van der Waals surface area contributed by atoms with Gasteiger partial charge in [-0.05, 0) is 65.8 Å². The minimum Gasteiger partial charge on any atom is -0.481 e. The second-order valence-electron chi connectivity index (χ2n) is 11.3. The molecule has 2 amide bonds. The fraction of sp³-hybridized carbons (Fsp3) is 0.382. The lowest BCUT2D eigenvalue weighted by Gasteiger charge is -2.25. The highest BCUT2D eigenvalue weighted by Gasteiger charge is 2.33. The predicted octanol–water partition coefficient (Wildman–Crippen LogP) is 5.51. The van der Waals surface area contributed by atoms with Gasteiger partial charge in [-0.2, -0.15) is 0 Å². The van der Waals surface area contributed by atoms with Gasteiger partial charge in [-0.1, -0.05) is 78.9 Å². The molecule has 0 heterocycles. The van der Waals surface area contributed by atoms with Crippen molar-refractivity contribution in [2.45, 2.75) is 57.3 Å². The number of ether oxygens (including phenoxy) is 2. The highest BCUT2D eigenvalue weighted by atomic mass is 16.5. The number of hydrogen-bond donors (Lipinski definition) is 3. The SMILES string of the molecule is C[C@H](OCc1ccccc1)[C@@H](NC(=O)OCC1c2ccccc2-c2ccccc21)C(=O)NCC1CCC(CC(=O)O)C1. The summed E-state index contributed by atoms with van der Waals surface area (Å²) in [6, 6.07) is 24.9. The van der Waals surface area contributed by atoms with Gasteiger partial charge in [0.15, 0.2) is 0 Å². The topological polar surface area (TPSA) is 114 Å². The highest BCUT2D eigenvalue weighted by Crippen LogP contribution is 2.44. The number of carboxylic acid groups (broad SMARTS) is 1. The smallest absolute Gasteiger partial charge is 0.407 e. The Morgan fingerprint density at radius 3 is 2.17 bits per heavy atom. The molecule has 3 aromatic rings. The fourth-order valence-electron chi connectivity index (χ4n) is 6.21. The Balaban J connectivity index is 1.21. The van der Waals surface area contributed by atoms with Crippen LogP contribution in [0.4, 0.5) is 4.79 Å². The number of alkyl carbamates (subject to hydrolysis) is 1. The van der Waals surface area contributed by atoms with Crippen molar-refractivity contribution in [2.75, 3.05) is 13.2 Å². The first kappa shape index (κ1) is 29.3. The van der Waals surface area contributed by atoms with Gasteiger partial charge >= 0.3 is 12.1 Å². The number of fused-ring (bicyclic) bond motifs is 3. The van der Waals surface area contributed by atoms with Gasteiger partial charge in [0.2, 0.25) is 5.91 Å². The maximum absolute atomic E-state index is 13.4. The van der Waals surface area contributed by atoms with Crippen LogP contribution in [-0.2, 0) is 25.7 Å². The number of carbonyl (C=O) groups is 3. The average Bonchev–Trinajstić information content (AvgIpc) is 3.58. The van der Waals surface area contributed by atoms with Crippen LogP contribution in [0, 0.1) is 11.8 Å². The van der Waals surface area contributed by atoms with Crippen LogP contribution in [0.5, 0.6) is 0 Å². The van der Waals surface area contributed by atoms with Crippen LogP contribution in [0.1, 0.15) is 55.2 Å². The van der Waals surface area contributed by atoms with Crippen molar-refractivity contribution in [1.82, 2.24) is 10.6 Å². The lowest BCUT2D eigenvalue weighted by molar-refractivity contribution is -0.138.